The van der Waals surface area contributed by atoms with Crippen LogP contribution in [0.4, 0.5) is 10.2 Å². The number of benzene rings is 1. The highest BCUT2D eigenvalue weighted by molar-refractivity contribution is 5.98. The zero-order valence-corrected chi connectivity index (χ0v) is 18.4. The first kappa shape index (κ1) is 20.3. The van der Waals surface area contributed by atoms with Crippen molar-refractivity contribution in [1.82, 2.24) is 29.9 Å². The first-order chi connectivity index (χ1) is 16.1. The Labute approximate surface area is 191 Å². The van der Waals surface area contributed by atoms with Crippen molar-refractivity contribution >= 4 is 11.7 Å². The maximum absolute atomic E-state index is 14.2. The van der Waals surface area contributed by atoms with Crippen LogP contribution in [0.1, 0.15) is 54.6 Å². The van der Waals surface area contributed by atoms with Crippen LogP contribution < -0.4 is 5.32 Å². The molecule has 4 aliphatic rings. The van der Waals surface area contributed by atoms with Gasteiger partial charge in [-0.15, -0.1) is 0 Å². The summed E-state index contributed by atoms with van der Waals surface area (Å²) in [5.74, 6) is 1.57. The molecule has 170 valence electrons. The van der Waals surface area contributed by atoms with Crippen LogP contribution in [0.15, 0.2) is 43.0 Å². The molecular weight excluding hydrogens is 421 g/mol. The fourth-order valence-electron chi connectivity index (χ4n) is 5.29. The van der Waals surface area contributed by atoms with Crippen molar-refractivity contribution in [2.24, 2.45) is 11.8 Å². The standard InChI is InChI=1S/C24H26FN7O/c1-14-16-8-18(9-16)31(22(14)12-28-23-13-26-20(11-27-23)15-2-3-15)24(33)19-10-17(25)4-5-21(19)32-29-6-7-30-32/h4-7,10-11,13-16,18,22H,2-3,8-9,12H2,1H3,(H,27,28)/t14-,16?,18?,22?/m1/s1. The molecule has 2 bridgehead atoms. The Hall–Kier alpha value is -3.36. The highest BCUT2D eigenvalue weighted by atomic mass is 19.1. The van der Waals surface area contributed by atoms with Gasteiger partial charge in [0, 0.05) is 18.5 Å². The van der Waals surface area contributed by atoms with Crippen LogP contribution in [-0.2, 0) is 0 Å². The quantitative estimate of drug-likeness (QED) is 0.623. The molecule has 2 aliphatic heterocycles. The number of carbonyl (C=O) groups is 1. The molecule has 1 unspecified atom stereocenters. The van der Waals surface area contributed by atoms with Gasteiger partial charge in [0.05, 0.1) is 47.8 Å². The molecule has 9 heteroatoms. The molecule has 33 heavy (non-hydrogen) atoms. The highest BCUT2D eigenvalue weighted by Gasteiger charge is 2.50. The van der Waals surface area contributed by atoms with E-state index in [0.717, 1.165) is 18.5 Å². The monoisotopic (exact) mass is 447 g/mol. The van der Waals surface area contributed by atoms with Gasteiger partial charge < -0.3 is 10.2 Å². The molecule has 1 N–H and O–H groups in total. The second-order valence-electron chi connectivity index (χ2n) is 9.49. The summed E-state index contributed by atoms with van der Waals surface area (Å²) in [6.07, 6.45) is 11.1. The number of nitrogens with zero attached hydrogens (tertiary/aromatic N) is 6. The summed E-state index contributed by atoms with van der Waals surface area (Å²) >= 11 is 0. The highest BCUT2D eigenvalue weighted by Crippen LogP contribution is 2.47. The Morgan fingerprint density at radius 1 is 1.15 bits per heavy atom. The van der Waals surface area contributed by atoms with Crippen LogP contribution in [0.3, 0.4) is 0 Å². The summed E-state index contributed by atoms with van der Waals surface area (Å²) in [6, 6.07) is 4.32. The Morgan fingerprint density at radius 3 is 2.64 bits per heavy atom. The minimum Gasteiger partial charge on any atom is -0.367 e. The summed E-state index contributed by atoms with van der Waals surface area (Å²) < 4.78 is 14.2. The minimum absolute atomic E-state index is 0.0263. The normalized spacial score (nSPS) is 26.1. The number of piperidine rings is 2. The van der Waals surface area contributed by atoms with Crippen molar-refractivity contribution < 1.29 is 9.18 Å². The summed E-state index contributed by atoms with van der Waals surface area (Å²) in [4.78, 5) is 26.2. The van der Waals surface area contributed by atoms with E-state index in [4.69, 9.17) is 0 Å². The maximum atomic E-state index is 14.2. The molecule has 2 saturated carbocycles. The molecule has 4 fully saturated rings. The molecule has 1 aromatic carbocycles. The molecule has 3 aromatic rings. The number of hydrogen-bond acceptors (Lipinski definition) is 6. The molecule has 1 amide bonds. The molecule has 0 radical (unpaired) electrons. The number of aromatic nitrogens is 5. The number of hydrogen-bond donors (Lipinski definition) is 1. The summed E-state index contributed by atoms with van der Waals surface area (Å²) in [5.41, 5.74) is 1.81. The van der Waals surface area contributed by atoms with E-state index in [9.17, 15) is 9.18 Å². The Morgan fingerprint density at radius 2 is 1.94 bits per heavy atom. The van der Waals surface area contributed by atoms with Crippen molar-refractivity contribution in [1.29, 1.82) is 0 Å². The second kappa shape index (κ2) is 7.90. The number of anilines is 1. The Kier molecular flexibility index (Phi) is 4.85. The predicted molar refractivity (Wildman–Crippen MR) is 119 cm³/mol. The fourth-order valence-corrected chi connectivity index (χ4v) is 5.29. The van der Waals surface area contributed by atoms with Crippen LogP contribution in [-0.4, -0.2) is 54.4 Å². The van der Waals surface area contributed by atoms with E-state index in [2.05, 4.69) is 32.4 Å². The zero-order valence-electron chi connectivity index (χ0n) is 18.4. The van der Waals surface area contributed by atoms with E-state index >= 15 is 0 Å². The SMILES string of the molecule is C[C@@H]1C2CC(C2)N(C(=O)c2cc(F)ccc2-n2nccn2)C1CNc1cnc(C2CC2)cn1. The van der Waals surface area contributed by atoms with Gasteiger partial charge in [0.1, 0.15) is 11.6 Å². The van der Waals surface area contributed by atoms with Gasteiger partial charge in [-0.2, -0.15) is 15.0 Å². The van der Waals surface area contributed by atoms with Crippen LogP contribution in [0.25, 0.3) is 5.69 Å². The summed E-state index contributed by atoms with van der Waals surface area (Å²) in [5, 5.41) is 11.7. The number of carbonyl (C=O) groups excluding carboxylic acids is 1. The van der Waals surface area contributed by atoms with Crippen molar-refractivity contribution in [3.8, 4) is 5.69 Å². The first-order valence-corrected chi connectivity index (χ1v) is 11.6. The third kappa shape index (κ3) is 3.65. The largest absolute Gasteiger partial charge is 0.367 e. The van der Waals surface area contributed by atoms with E-state index in [1.54, 1.807) is 24.7 Å². The van der Waals surface area contributed by atoms with Crippen molar-refractivity contribution in [3.63, 3.8) is 0 Å². The van der Waals surface area contributed by atoms with Crippen LogP contribution in [0.5, 0.6) is 0 Å². The average Bonchev–Trinajstić information content (AvgIpc) is 3.51. The van der Waals surface area contributed by atoms with E-state index in [0.29, 0.717) is 35.8 Å². The van der Waals surface area contributed by atoms with Gasteiger partial charge in [0.2, 0.25) is 0 Å². The molecule has 2 saturated heterocycles. The van der Waals surface area contributed by atoms with Crippen molar-refractivity contribution in [2.45, 2.75) is 50.6 Å². The number of rotatable bonds is 6. The molecule has 8 nitrogen and oxygen atoms in total. The average molecular weight is 448 g/mol. The molecular formula is C24H26FN7O. The van der Waals surface area contributed by atoms with Crippen LogP contribution in [0, 0.1) is 17.7 Å². The molecule has 0 spiro atoms. The smallest absolute Gasteiger partial charge is 0.256 e. The molecule has 2 aliphatic carbocycles. The van der Waals surface area contributed by atoms with E-state index in [1.807, 2.05) is 11.1 Å². The van der Waals surface area contributed by atoms with E-state index < -0.39 is 5.82 Å². The van der Waals surface area contributed by atoms with Gasteiger partial charge in [-0.05, 0) is 55.7 Å². The summed E-state index contributed by atoms with van der Waals surface area (Å²) in [7, 11) is 0. The number of halogens is 1. The van der Waals surface area contributed by atoms with Gasteiger partial charge in [-0.3, -0.25) is 9.78 Å². The lowest BCUT2D eigenvalue weighted by atomic mass is 9.64. The maximum Gasteiger partial charge on any atom is 0.256 e. The van der Waals surface area contributed by atoms with Gasteiger partial charge in [0.25, 0.3) is 5.91 Å². The lowest BCUT2D eigenvalue weighted by Crippen LogP contribution is -2.64. The van der Waals surface area contributed by atoms with E-state index in [-0.39, 0.29) is 23.6 Å². The van der Waals surface area contributed by atoms with Crippen LogP contribution >= 0.6 is 0 Å². The van der Waals surface area contributed by atoms with Gasteiger partial charge in [-0.25, -0.2) is 9.37 Å². The van der Waals surface area contributed by atoms with Crippen molar-refractivity contribution in [3.05, 3.63) is 60.1 Å². The molecule has 2 atom stereocenters. The zero-order chi connectivity index (χ0) is 22.5. The molecule has 7 rings (SSSR count). The lowest BCUT2D eigenvalue weighted by molar-refractivity contribution is -0.0502. The topological polar surface area (TPSA) is 88.8 Å². The lowest BCUT2D eigenvalue weighted by Gasteiger charge is -2.57. The second-order valence-corrected chi connectivity index (χ2v) is 9.49. The van der Waals surface area contributed by atoms with E-state index in [1.165, 1.54) is 29.8 Å². The Bertz CT molecular complexity index is 1160. The molecule has 4 heterocycles. The number of fused-ring (bicyclic) bond motifs is 2. The number of nitrogens with one attached hydrogen (secondary N) is 1. The van der Waals surface area contributed by atoms with Crippen molar-refractivity contribution in [2.75, 3.05) is 11.9 Å². The van der Waals surface area contributed by atoms with Gasteiger partial charge in [-0.1, -0.05) is 6.92 Å². The van der Waals surface area contributed by atoms with Crippen LogP contribution in [0.2, 0.25) is 0 Å². The number of amides is 1. The summed E-state index contributed by atoms with van der Waals surface area (Å²) in [6.45, 7) is 2.78. The Balaban J connectivity index is 1.26. The fraction of sp³-hybridized carbons (Fsp3) is 0.458. The molecule has 2 aromatic heterocycles. The minimum atomic E-state index is -0.452. The van der Waals surface area contributed by atoms with Gasteiger partial charge in [0.15, 0.2) is 0 Å². The third-order valence-corrected chi connectivity index (χ3v) is 7.47. The van der Waals surface area contributed by atoms with Gasteiger partial charge >= 0.3 is 0 Å². The first-order valence-electron chi connectivity index (χ1n) is 11.6. The third-order valence-electron chi connectivity index (χ3n) is 7.47. The predicted octanol–water partition coefficient (Wildman–Crippen LogP) is 3.43.